The van der Waals surface area contributed by atoms with Crippen LogP contribution in [0.2, 0.25) is 0 Å². The summed E-state index contributed by atoms with van der Waals surface area (Å²) in [6.45, 7) is 4.14. The molecule has 11 heteroatoms. The highest BCUT2D eigenvalue weighted by Crippen LogP contribution is 2.54. The van der Waals surface area contributed by atoms with Crippen molar-refractivity contribution in [3.63, 3.8) is 0 Å². The van der Waals surface area contributed by atoms with Gasteiger partial charge in [0.2, 0.25) is 5.95 Å². The van der Waals surface area contributed by atoms with E-state index in [0.29, 0.717) is 25.2 Å². The molecule has 1 aromatic rings. The minimum atomic E-state index is -4.47. The third kappa shape index (κ3) is 3.88. The van der Waals surface area contributed by atoms with Crippen LogP contribution in [0.3, 0.4) is 0 Å². The molecule has 3 heterocycles. The molecular weight excluding hydrogens is 427 g/mol. The van der Waals surface area contributed by atoms with E-state index >= 15 is 0 Å². The molecule has 0 radical (unpaired) electrons. The van der Waals surface area contributed by atoms with Crippen LogP contribution >= 0.6 is 0 Å². The number of aromatic nitrogens is 2. The van der Waals surface area contributed by atoms with E-state index in [-0.39, 0.29) is 55.8 Å². The number of ether oxygens (including phenoxy) is 1. The van der Waals surface area contributed by atoms with E-state index in [1.807, 2.05) is 18.7 Å². The summed E-state index contributed by atoms with van der Waals surface area (Å²) in [7, 11) is 0. The van der Waals surface area contributed by atoms with E-state index in [1.54, 1.807) is 0 Å². The molecule has 180 valence electrons. The topological polar surface area (TPSA) is 96.8 Å². The SMILES string of the molecule is CCC(O)(CC)CCN1c2nc(N3C[C@@H](OCN)C34CC4)cc(=O)n2CC[C@H]1C(F)(F)F. The van der Waals surface area contributed by atoms with Crippen LogP contribution in [0.5, 0.6) is 0 Å². The van der Waals surface area contributed by atoms with E-state index in [0.717, 1.165) is 17.7 Å². The van der Waals surface area contributed by atoms with Crippen LogP contribution in [0, 0.1) is 0 Å². The average Bonchev–Trinajstić information content (AvgIpc) is 3.57. The van der Waals surface area contributed by atoms with Crippen LogP contribution in [-0.2, 0) is 11.3 Å². The van der Waals surface area contributed by atoms with Crippen LogP contribution in [0.1, 0.15) is 52.4 Å². The second kappa shape index (κ2) is 8.18. The average molecular weight is 460 g/mol. The standard InChI is InChI=1S/C21H32F3N5O3/c1-3-19(31,4-2)8-10-27-14(21(22,23)24)5-9-28-17(30)11-16(26-18(27)28)29-12-15(32-13-25)20(29)6-7-20/h11,14-15,31H,3-10,12-13,25H2,1-2H3/t14-,15+/m0/s1. The van der Waals surface area contributed by atoms with Crippen LogP contribution in [0.4, 0.5) is 24.9 Å². The first-order chi connectivity index (χ1) is 15.1. The van der Waals surface area contributed by atoms with Gasteiger partial charge in [-0.3, -0.25) is 9.36 Å². The summed E-state index contributed by atoms with van der Waals surface area (Å²) in [6.07, 6.45) is -1.99. The molecule has 3 N–H and O–H groups in total. The smallest absolute Gasteiger partial charge is 0.390 e. The summed E-state index contributed by atoms with van der Waals surface area (Å²) in [5.41, 5.74) is 3.83. The van der Waals surface area contributed by atoms with Gasteiger partial charge >= 0.3 is 6.18 Å². The van der Waals surface area contributed by atoms with E-state index in [1.165, 1.54) is 10.6 Å². The lowest BCUT2D eigenvalue weighted by molar-refractivity contribution is -0.153. The Labute approximate surface area is 185 Å². The van der Waals surface area contributed by atoms with Gasteiger partial charge in [-0.1, -0.05) is 13.8 Å². The summed E-state index contributed by atoms with van der Waals surface area (Å²) in [5.74, 6) is 0.402. The van der Waals surface area contributed by atoms with Crippen molar-refractivity contribution in [2.45, 2.75) is 88.4 Å². The van der Waals surface area contributed by atoms with Crippen LogP contribution in [0.25, 0.3) is 0 Å². The van der Waals surface area contributed by atoms with E-state index in [9.17, 15) is 23.1 Å². The lowest BCUT2D eigenvalue weighted by Gasteiger charge is -2.50. The molecule has 32 heavy (non-hydrogen) atoms. The van der Waals surface area contributed by atoms with Gasteiger partial charge in [-0.2, -0.15) is 18.2 Å². The first-order valence-corrected chi connectivity index (χ1v) is 11.4. The number of fused-ring (bicyclic) bond motifs is 1. The molecule has 2 fully saturated rings. The van der Waals surface area contributed by atoms with Crippen molar-refractivity contribution in [3.8, 4) is 0 Å². The van der Waals surface area contributed by atoms with E-state index in [2.05, 4.69) is 4.98 Å². The van der Waals surface area contributed by atoms with Crippen molar-refractivity contribution in [2.24, 2.45) is 5.73 Å². The Hall–Kier alpha value is -1.85. The van der Waals surface area contributed by atoms with Crippen molar-refractivity contribution in [1.29, 1.82) is 0 Å². The van der Waals surface area contributed by atoms with Crippen LogP contribution < -0.4 is 21.1 Å². The van der Waals surface area contributed by atoms with Gasteiger partial charge in [0.05, 0.1) is 24.0 Å². The number of hydrogen-bond acceptors (Lipinski definition) is 7. The molecule has 0 aromatic carbocycles. The highest BCUT2D eigenvalue weighted by Gasteiger charge is 2.63. The predicted octanol–water partition coefficient (Wildman–Crippen LogP) is 1.98. The van der Waals surface area contributed by atoms with Gasteiger partial charge in [0.15, 0.2) is 0 Å². The normalized spacial score (nSPS) is 24.5. The van der Waals surface area contributed by atoms with E-state index < -0.39 is 17.8 Å². The predicted molar refractivity (Wildman–Crippen MR) is 114 cm³/mol. The summed E-state index contributed by atoms with van der Waals surface area (Å²) >= 11 is 0. The number of nitrogens with zero attached hydrogens (tertiary/aromatic N) is 4. The fourth-order valence-corrected chi connectivity index (χ4v) is 5.07. The molecular formula is C21H32F3N5O3. The summed E-state index contributed by atoms with van der Waals surface area (Å²) in [4.78, 5) is 20.6. The second-order valence-corrected chi connectivity index (χ2v) is 9.16. The summed E-state index contributed by atoms with van der Waals surface area (Å²) in [6, 6.07) is -0.342. The van der Waals surface area contributed by atoms with Crippen molar-refractivity contribution >= 4 is 11.8 Å². The van der Waals surface area contributed by atoms with E-state index in [4.69, 9.17) is 10.5 Å². The van der Waals surface area contributed by atoms with Gasteiger partial charge in [-0.05, 0) is 38.5 Å². The fourth-order valence-electron chi connectivity index (χ4n) is 5.07. The van der Waals surface area contributed by atoms with Crippen LogP contribution in [0.15, 0.2) is 10.9 Å². The third-order valence-corrected chi connectivity index (χ3v) is 7.57. The largest absolute Gasteiger partial charge is 0.408 e. The number of alkyl halides is 3. The molecule has 1 saturated heterocycles. The molecule has 1 saturated carbocycles. The minimum absolute atomic E-state index is 0.0228. The molecule has 2 atom stereocenters. The first kappa shape index (κ1) is 23.3. The Morgan fingerprint density at radius 1 is 1.31 bits per heavy atom. The fraction of sp³-hybridized carbons (Fsp3) is 0.810. The van der Waals surface area contributed by atoms with Gasteiger partial charge in [-0.25, -0.2) is 0 Å². The maximum Gasteiger partial charge on any atom is 0.408 e. The lowest BCUT2D eigenvalue weighted by Crippen LogP contribution is -2.65. The number of rotatable bonds is 8. The molecule has 0 unspecified atom stereocenters. The van der Waals surface area contributed by atoms with Gasteiger partial charge in [0.25, 0.3) is 5.56 Å². The molecule has 4 rings (SSSR count). The number of halogens is 3. The quantitative estimate of drug-likeness (QED) is 0.574. The van der Waals surface area contributed by atoms with Crippen molar-refractivity contribution in [1.82, 2.24) is 9.55 Å². The Morgan fingerprint density at radius 3 is 2.56 bits per heavy atom. The first-order valence-electron chi connectivity index (χ1n) is 11.4. The van der Waals surface area contributed by atoms with Crippen molar-refractivity contribution < 1.29 is 23.0 Å². The molecule has 3 aliphatic rings. The Morgan fingerprint density at radius 2 is 2.00 bits per heavy atom. The van der Waals surface area contributed by atoms with Crippen LogP contribution in [-0.4, -0.2) is 63.9 Å². The highest BCUT2D eigenvalue weighted by atomic mass is 19.4. The van der Waals surface area contributed by atoms with Crippen molar-refractivity contribution in [3.05, 3.63) is 16.4 Å². The number of hydrogen-bond donors (Lipinski definition) is 2. The van der Waals surface area contributed by atoms with Gasteiger partial charge in [-0.15, -0.1) is 0 Å². The molecule has 0 amide bonds. The third-order valence-electron chi connectivity index (χ3n) is 7.57. The van der Waals surface area contributed by atoms with Gasteiger partial charge < -0.3 is 25.4 Å². The van der Waals surface area contributed by atoms with Crippen molar-refractivity contribution in [2.75, 3.05) is 29.6 Å². The maximum absolute atomic E-state index is 13.9. The number of nitrogens with two attached hydrogens (primary N) is 1. The summed E-state index contributed by atoms with van der Waals surface area (Å²) < 4.78 is 48.6. The number of aliphatic hydroxyl groups is 1. The molecule has 0 bridgehead atoms. The molecule has 1 aromatic heterocycles. The monoisotopic (exact) mass is 459 g/mol. The van der Waals surface area contributed by atoms with Gasteiger partial charge in [0, 0.05) is 25.7 Å². The Bertz CT molecular complexity index is 898. The zero-order valence-electron chi connectivity index (χ0n) is 18.6. The van der Waals surface area contributed by atoms with Gasteiger partial charge in [0.1, 0.15) is 11.9 Å². The Kier molecular flexibility index (Phi) is 5.96. The Balaban J connectivity index is 1.68. The molecule has 2 aliphatic heterocycles. The molecule has 1 aliphatic carbocycles. The zero-order valence-corrected chi connectivity index (χ0v) is 18.6. The summed E-state index contributed by atoms with van der Waals surface area (Å²) in [5, 5.41) is 10.7. The lowest BCUT2D eigenvalue weighted by atomic mass is 9.93. The highest BCUT2D eigenvalue weighted by molar-refractivity contribution is 5.55. The second-order valence-electron chi connectivity index (χ2n) is 9.16. The number of anilines is 2. The minimum Gasteiger partial charge on any atom is -0.390 e. The maximum atomic E-state index is 13.9. The molecule has 1 spiro atoms. The zero-order chi connectivity index (χ0) is 23.3. The molecule has 8 nitrogen and oxygen atoms in total.